The Kier molecular flexibility index (Phi) is 5.58. The largest absolute Gasteiger partial charge is 0.401 e. The van der Waals surface area contributed by atoms with Crippen molar-refractivity contribution in [3.63, 3.8) is 0 Å². The molecule has 0 aliphatic rings. The van der Waals surface area contributed by atoms with Crippen LogP contribution in [0.1, 0.15) is 26.5 Å². The molecule has 0 saturated carbocycles. The van der Waals surface area contributed by atoms with E-state index >= 15 is 0 Å². The molecule has 25 heavy (non-hydrogen) atoms. The number of thiazole rings is 1. The highest BCUT2D eigenvalue weighted by Gasteiger charge is 2.50. The predicted molar refractivity (Wildman–Crippen MR) is 112 cm³/mol. The fourth-order valence-corrected chi connectivity index (χ4v) is 8.84. The first kappa shape index (κ1) is 18.5. The second kappa shape index (κ2) is 7.54. The van der Waals surface area contributed by atoms with Crippen LogP contribution in [0.15, 0.2) is 70.0 Å². The van der Waals surface area contributed by atoms with Crippen molar-refractivity contribution in [2.45, 2.75) is 32.4 Å². The molecule has 0 N–H and O–H groups in total. The molecule has 0 saturated heterocycles. The molecule has 0 amide bonds. The van der Waals surface area contributed by atoms with E-state index in [0.29, 0.717) is 6.61 Å². The molecule has 2 aromatic carbocycles. The Labute approximate surface area is 163 Å². The first-order valence-electron chi connectivity index (χ1n) is 8.28. The molecule has 3 aromatic rings. The molecule has 5 heteroatoms. The highest BCUT2D eigenvalue weighted by molar-refractivity contribution is 9.11. The van der Waals surface area contributed by atoms with Crippen LogP contribution in [0.5, 0.6) is 0 Å². The molecule has 0 aliphatic heterocycles. The van der Waals surface area contributed by atoms with Crippen LogP contribution in [0, 0.1) is 0 Å². The summed E-state index contributed by atoms with van der Waals surface area (Å²) in [7, 11) is -2.47. The topological polar surface area (TPSA) is 22.1 Å². The Hall–Kier alpha value is -1.27. The van der Waals surface area contributed by atoms with Gasteiger partial charge >= 0.3 is 0 Å². The lowest BCUT2D eigenvalue weighted by atomic mass is 10.2. The van der Waals surface area contributed by atoms with Gasteiger partial charge in [0.15, 0.2) is 3.92 Å². The molecule has 1 heterocycles. The first-order chi connectivity index (χ1) is 11.9. The summed E-state index contributed by atoms with van der Waals surface area (Å²) < 4.78 is 7.72. The smallest absolute Gasteiger partial charge is 0.261 e. The van der Waals surface area contributed by atoms with E-state index in [9.17, 15) is 0 Å². The Balaban J connectivity index is 2.11. The summed E-state index contributed by atoms with van der Waals surface area (Å²) in [6.45, 7) is 7.39. The number of nitrogens with zero attached hydrogens (tertiary/aromatic N) is 1. The van der Waals surface area contributed by atoms with E-state index < -0.39 is 8.32 Å². The minimum atomic E-state index is -2.47. The number of rotatable bonds is 5. The van der Waals surface area contributed by atoms with Gasteiger partial charge in [0.25, 0.3) is 8.32 Å². The van der Waals surface area contributed by atoms with Crippen LogP contribution < -0.4 is 10.4 Å². The number of aromatic nitrogens is 1. The maximum Gasteiger partial charge on any atom is 0.261 e. The summed E-state index contributed by atoms with van der Waals surface area (Å²) in [5, 5.41) is 4.64. The molecule has 0 fully saturated rings. The highest BCUT2D eigenvalue weighted by atomic mass is 79.9. The molecule has 130 valence electrons. The van der Waals surface area contributed by atoms with Gasteiger partial charge in [-0.1, -0.05) is 81.4 Å². The van der Waals surface area contributed by atoms with Crippen molar-refractivity contribution in [1.82, 2.24) is 4.98 Å². The van der Waals surface area contributed by atoms with E-state index in [-0.39, 0.29) is 5.04 Å². The van der Waals surface area contributed by atoms with Gasteiger partial charge < -0.3 is 4.43 Å². The van der Waals surface area contributed by atoms with Gasteiger partial charge in [-0.25, -0.2) is 4.98 Å². The number of hydrogen-bond donors (Lipinski definition) is 0. The van der Waals surface area contributed by atoms with Crippen LogP contribution >= 0.6 is 27.3 Å². The fraction of sp³-hybridized carbons (Fsp3) is 0.250. The maximum absolute atomic E-state index is 6.83. The molecule has 1 aromatic heterocycles. The number of benzene rings is 2. The van der Waals surface area contributed by atoms with E-state index in [1.165, 1.54) is 10.4 Å². The average molecular weight is 432 g/mol. The van der Waals surface area contributed by atoms with Crippen LogP contribution in [0.25, 0.3) is 0 Å². The molecule has 0 unspecified atom stereocenters. The molecular formula is C20H22BrNOSSi. The lowest BCUT2D eigenvalue weighted by Crippen LogP contribution is -2.66. The van der Waals surface area contributed by atoms with Crippen molar-refractivity contribution in [3.8, 4) is 0 Å². The standard InChI is InChI=1S/C20H22BrNOSSi/c1-20(2,3)25(17-10-6-4-7-11-17,18-12-8-5-9-13-18)23-14-16-15-24-19(21)22-16/h4-13,15H,14H2,1-3H3. The highest BCUT2D eigenvalue weighted by Crippen LogP contribution is 2.37. The minimum Gasteiger partial charge on any atom is -0.401 e. The van der Waals surface area contributed by atoms with Gasteiger partial charge in [-0.2, -0.15) is 0 Å². The molecule has 0 atom stereocenters. The second-order valence-electron chi connectivity index (χ2n) is 7.04. The summed E-state index contributed by atoms with van der Waals surface area (Å²) in [6, 6.07) is 21.4. The van der Waals surface area contributed by atoms with E-state index in [2.05, 4.69) is 108 Å². The van der Waals surface area contributed by atoms with Crippen molar-refractivity contribution < 1.29 is 4.43 Å². The zero-order valence-corrected chi connectivity index (χ0v) is 18.1. The predicted octanol–water partition coefficient (Wildman–Crippen LogP) is 4.98. The Bertz CT molecular complexity index is 775. The molecular weight excluding hydrogens is 410 g/mol. The van der Waals surface area contributed by atoms with Gasteiger partial charge in [0, 0.05) is 5.38 Å². The summed E-state index contributed by atoms with van der Waals surface area (Å²) in [5.41, 5.74) is 0.977. The Morgan fingerprint density at radius 1 is 0.960 bits per heavy atom. The van der Waals surface area contributed by atoms with Gasteiger partial charge in [-0.15, -0.1) is 11.3 Å². The monoisotopic (exact) mass is 431 g/mol. The summed E-state index contributed by atoms with van der Waals surface area (Å²) in [4.78, 5) is 4.52. The van der Waals surface area contributed by atoms with Crippen LogP contribution in [0.3, 0.4) is 0 Å². The quantitative estimate of drug-likeness (QED) is 0.531. The van der Waals surface area contributed by atoms with Crippen LogP contribution in [0.2, 0.25) is 5.04 Å². The van der Waals surface area contributed by atoms with Crippen LogP contribution in [0.4, 0.5) is 0 Å². The zero-order valence-electron chi connectivity index (χ0n) is 14.7. The maximum atomic E-state index is 6.83. The van der Waals surface area contributed by atoms with Crippen LogP contribution in [-0.2, 0) is 11.0 Å². The molecule has 0 radical (unpaired) electrons. The molecule has 0 spiro atoms. The summed E-state index contributed by atoms with van der Waals surface area (Å²) in [5.74, 6) is 0. The van der Waals surface area contributed by atoms with E-state index in [1.54, 1.807) is 11.3 Å². The number of hydrogen-bond acceptors (Lipinski definition) is 3. The van der Waals surface area contributed by atoms with Crippen molar-refractivity contribution in [1.29, 1.82) is 0 Å². The first-order valence-corrected chi connectivity index (χ1v) is 11.9. The molecule has 0 aliphatic carbocycles. The van der Waals surface area contributed by atoms with Gasteiger partial charge in [0.1, 0.15) is 0 Å². The summed E-state index contributed by atoms with van der Waals surface area (Å²) >= 11 is 5.04. The Morgan fingerprint density at radius 2 is 1.48 bits per heavy atom. The van der Waals surface area contributed by atoms with Gasteiger partial charge in [-0.05, 0) is 31.3 Å². The SMILES string of the molecule is CC(C)(C)[Si](OCc1csc(Br)n1)(c1ccccc1)c1ccccc1. The average Bonchev–Trinajstić information content (AvgIpc) is 3.02. The van der Waals surface area contributed by atoms with Crippen molar-refractivity contribution in [2.24, 2.45) is 0 Å². The zero-order chi connectivity index (χ0) is 17.9. The van der Waals surface area contributed by atoms with Crippen molar-refractivity contribution in [3.05, 3.63) is 75.7 Å². The van der Waals surface area contributed by atoms with E-state index in [0.717, 1.165) is 9.61 Å². The normalized spacial score (nSPS) is 12.3. The third-order valence-electron chi connectivity index (χ3n) is 4.38. The fourth-order valence-electron chi connectivity index (χ4n) is 3.29. The molecule has 2 nitrogen and oxygen atoms in total. The minimum absolute atomic E-state index is 0.0110. The van der Waals surface area contributed by atoms with Gasteiger partial charge in [0.2, 0.25) is 0 Å². The third-order valence-corrected chi connectivity index (χ3v) is 10.8. The molecule has 0 bridgehead atoms. The van der Waals surface area contributed by atoms with Crippen molar-refractivity contribution in [2.75, 3.05) is 0 Å². The Morgan fingerprint density at radius 3 is 1.88 bits per heavy atom. The van der Waals surface area contributed by atoms with E-state index in [4.69, 9.17) is 4.43 Å². The lowest BCUT2D eigenvalue weighted by molar-refractivity contribution is 0.282. The van der Waals surface area contributed by atoms with Gasteiger partial charge in [0.05, 0.1) is 12.3 Å². The van der Waals surface area contributed by atoms with E-state index in [1.807, 2.05) is 0 Å². The third kappa shape index (κ3) is 3.79. The molecule has 3 rings (SSSR count). The van der Waals surface area contributed by atoms with Crippen LogP contribution in [-0.4, -0.2) is 13.3 Å². The summed E-state index contributed by atoms with van der Waals surface area (Å²) in [6.07, 6.45) is 0. The number of halogens is 1. The van der Waals surface area contributed by atoms with Crippen molar-refractivity contribution >= 4 is 46.0 Å². The lowest BCUT2D eigenvalue weighted by Gasteiger charge is -2.42. The second-order valence-corrected chi connectivity index (χ2v) is 13.5. The van der Waals surface area contributed by atoms with Gasteiger partial charge in [-0.3, -0.25) is 0 Å².